The van der Waals surface area contributed by atoms with Crippen molar-refractivity contribution in [2.45, 2.75) is 25.7 Å². The first-order chi connectivity index (χ1) is 12.5. The van der Waals surface area contributed by atoms with Crippen molar-refractivity contribution >= 4 is 29.3 Å². The largest absolute Gasteiger partial charge is 0.481 e. The summed E-state index contributed by atoms with van der Waals surface area (Å²) in [5.41, 5.74) is 0.0416. The Bertz CT molecular complexity index is 814. The molecule has 2 aromatic rings. The zero-order chi connectivity index (χ0) is 18.6. The Morgan fingerprint density at radius 1 is 1.04 bits per heavy atom. The van der Waals surface area contributed by atoms with Crippen LogP contribution >= 0.6 is 0 Å². The fourth-order valence-electron chi connectivity index (χ4n) is 2.90. The number of carbonyl (C=O) groups is 3. The Labute approximate surface area is 150 Å². The highest BCUT2D eigenvalue weighted by Gasteiger charge is 2.45. The van der Waals surface area contributed by atoms with E-state index in [0.29, 0.717) is 29.9 Å². The Balaban J connectivity index is 1.57. The van der Waals surface area contributed by atoms with E-state index in [0.717, 1.165) is 6.42 Å². The van der Waals surface area contributed by atoms with Crippen LogP contribution in [0.3, 0.4) is 0 Å². The average Bonchev–Trinajstić information content (AvgIpc) is 2.60. The minimum atomic E-state index is -0.929. The molecule has 1 saturated carbocycles. The lowest BCUT2D eigenvalue weighted by molar-refractivity contribution is -0.157. The summed E-state index contributed by atoms with van der Waals surface area (Å²) in [4.78, 5) is 39.6. The van der Waals surface area contributed by atoms with E-state index in [1.54, 1.807) is 36.4 Å². The van der Waals surface area contributed by atoms with Crippen molar-refractivity contribution in [1.29, 1.82) is 0 Å². The number of hydrogen-bond donors (Lipinski definition) is 3. The number of rotatable bonds is 6. The molecule has 7 heteroatoms. The Morgan fingerprint density at radius 3 is 2.31 bits per heavy atom. The van der Waals surface area contributed by atoms with E-state index in [2.05, 4.69) is 15.6 Å². The number of carboxylic acids is 1. The van der Waals surface area contributed by atoms with E-state index in [4.69, 9.17) is 0 Å². The van der Waals surface area contributed by atoms with Crippen LogP contribution < -0.4 is 10.6 Å². The van der Waals surface area contributed by atoms with Crippen molar-refractivity contribution < 1.29 is 19.5 Å². The van der Waals surface area contributed by atoms with Gasteiger partial charge in [-0.25, -0.2) is 4.98 Å². The molecule has 1 aliphatic rings. The highest BCUT2D eigenvalue weighted by Crippen LogP contribution is 2.44. The summed E-state index contributed by atoms with van der Waals surface area (Å²) < 4.78 is 0. The van der Waals surface area contributed by atoms with Gasteiger partial charge in [0.15, 0.2) is 0 Å². The van der Waals surface area contributed by atoms with Gasteiger partial charge in [-0.2, -0.15) is 0 Å². The SMILES string of the molecule is O=C(CC1(C(=O)O)CCC1)Nc1ccc(NC(=O)c2ccccc2)nc1. The molecule has 7 nitrogen and oxygen atoms in total. The van der Waals surface area contributed by atoms with Crippen molar-refractivity contribution in [2.75, 3.05) is 10.6 Å². The molecule has 3 rings (SSSR count). The minimum absolute atomic E-state index is 0.0468. The van der Waals surface area contributed by atoms with E-state index in [1.165, 1.54) is 6.20 Å². The number of anilines is 2. The minimum Gasteiger partial charge on any atom is -0.481 e. The molecule has 1 heterocycles. The molecule has 0 saturated heterocycles. The highest BCUT2D eigenvalue weighted by molar-refractivity contribution is 6.03. The van der Waals surface area contributed by atoms with Crippen molar-refractivity contribution in [3.05, 3.63) is 54.2 Å². The molecule has 134 valence electrons. The topological polar surface area (TPSA) is 108 Å². The molecule has 0 spiro atoms. The molecule has 3 N–H and O–H groups in total. The second-order valence-corrected chi connectivity index (χ2v) is 6.42. The van der Waals surface area contributed by atoms with Gasteiger partial charge in [0.25, 0.3) is 5.91 Å². The highest BCUT2D eigenvalue weighted by atomic mass is 16.4. The molecule has 1 fully saturated rings. The molecule has 0 radical (unpaired) electrons. The van der Waals surface area contributed by atoms with Crippen LogP contribution in [0.25, 0.3) is 0 Å². The molecule has 0 aliphatic heterocycles. The van der Waals surface area contributed by atoms with Gasteiger partial charge in [-0.05, 0) is 37.1 Å². The zero-order valence-electron chi connectivity index (χ0n) is 14.1. The number of nitrogens with one attached hydrogen (secondary N) is 2. The fourth-order valence-corrected chi connectivity index (χ4v) is 2.90. The first-order valence-electron chi connectivity index (χ1n) is 8.34. The molecule has 2 amide bonds. The molecule has 0 bridgehead atoms. The standard InChI is InChI=1S/C19H19N3O4/c23-16(11-19(18(25)26)9-4-10-19)21-14-7-8-15(20-12-14)22-17(24)13-5-2-1-3-6-13/h1-3,5-8,12H,4,9-11H2,(H,21,23)(H,25,26)(H,20,22,24). The number of nitrogens with zero attached hydrogens (tertiary/aromatic N) is 1. The fraction of sp³-hybridized carbons (Fsp3) is 0.263. The summed E-state index contributed by atoms with van der Waals surface area (Å²) >= 11 is 0. The van der Waals surface area contributed by atoms with Crippen LogP contribution in [0, 0.1) is 5.41 Å². The summed E-state index contributed by atoms with van der Waals surface area (Å²) in [5.74, 6) is -1.19. The number of carboxylic acid groups (broad SMARTS) is 1. The summed E-state index contributed by atoms with van der Waals surface area (Å²) in [6.45, 7) is 0. The van der Waals surface area contributed by atoms with Crippen molar-refractivity contribution in [3.8, 4) is 0 Å². The maximum absolute atomic E-state index is 12.1. The van der Waals surface area contributed by atoms with Gasteiger partial charge in [0.05, 0.1) is 17.3 Å². The lowest BCUT2D eigenvalue weighted by atomic mass is 9.66. The first-order valence-corrected chi connectivity index (χ1v) is 8.34. The second kappa shape index (κ2) is 7.35. The molecular formula is C19H19N3O4. The average molecular weight is 353 g/mol. The predicted molar refractivity (Wildman–Crippen MR) is 95.8 cm³/mol. The maximum atomic E-state index is 12.1. The summed E-state index contributed by atoms with van der Waals surface area (Å²) in [6, 6.07) is 11.9. The van der Waals surface area contributed by atoms with Gasteiger partial charge in [-0.1, -0.05) is 24.6 Å². The second-order valence-electron chi connectivity index (χ2n) is 6.42. The number of carbonyl (C=O) groups excluding carboxylic acids is 2. The van der Waals surface area contributed by atoms with Crippen molar-refractivity contribution in [2.24, 2.45) is 5.41 Å². The Hall–Kier alpha value is -3.22. The molecule has 1 aliphatic carbocycles. The number of aliphatic carboxylic acids is 1. The van der Waals surface area contributed by atoms with Crippen LogP contribution in [0.15, 0.2) is 48.7 Å². The summed E-state index contributed by atoms with van der Waals surface area (Å²) in [7, 11) is 0. The van der Waals surface area contributed by atoms with Gasteiger partial charge in [0.2, 0.25) is 5.91 Å². The Morgan fingerprint density at radius 2 is 1.77 bits per heavy atom. The van der Waals surface area contributed by atoms with Crippen LogP contribution in [0.4, 0.5) is 11.5 Å². The molecule has 0 unspecified atom stereocenters. The third-order valence-corrected chi connectivity index (χ3v) is 4.59. The lowest BCUT2D eigenvalue weighted by Gasteiger charge is -2.36. The molecule has 1 aromatic heterocycles. The van der Waals surface area contributed by atoms with E-state index >= 15 is 0 Å². The van der Waals surface area contributed by atoms with E-state index < -0.39 is 11.4 Å². The van der Waals surface area contributed by atoms with Gasteiger partial charge >= 0.3 is 5.97 Å². The third kappa shape index (κ3) is 3.88. The monoisotopic (exact) mass is 353 g/mol. The van der Waals surface area contributed by atoms with Gasteiger partial charge < -0.3 is 15.7 Å². The molecule has 26 heavy (non-hydrogen) atoms. The van der Waals surface area contributed by atoms with Crippen LogP contribution in [0.5, 0.6) is 0 Å². The molecule has 0 atom stereocenters. The first kappa shape index (κ1) is 17.6. The third-order valence-electron chi connectivity index (χ3n) is 4.59. The van der Waals surface area contributed by atoms with Crippen LogP contribution in [-0.2, 0) is 9.59 Å². The summed E-state index contributed by atoms with van der Waals surface area (Å²) in [6.07, 6.45) is 3.26. The number of benzene rings is 1. The number of hydrogen-bond acceptors (Lipinski definition) is 4. The smallest absolute Gasteiger partial charge is 0.310 e. The maximum Gasteiger partial charge on any atom is 0.310 e. The zero-order valence-corrected chi connectivity index (χ0v) is 14.1. The lowest BCUT2D eigenvalue weighted by Crippen LogP contribution is -2.41. The van der Waals surface area contributed by atoms with E-state index in [1.807, 2.05) is 6.07 Å². The normalized spacial score (nSPS) is 14.8. The van der Waals surface area contributed by atoms with Crippen molar-refractivity contribution in [3.63, 3.8) is 0 Å². The van der Waals surface area contributed by atoms with Gasteiger partial charge in [0, 0.05) is 12.0 Å². The van der Waals surface area contributed by atoms with E-state index in [9.17, 15) is 19.5 Å². The number of aromatic nitrogens is 1. The number of pyridine rings is 1. The molecular weight excluding hydrogens is 334 g/mol. The Kier molecular flexibility index (Phi) is 4.97. The summed E-state index contributed by atoms with van der Waals surface area (Å²) in [5, 5.41) is 14.6. The van der Waals surface area contributed by atoms with Gasteiger partial charge in [-0.15, -0.1) is 0 Å². The van der Waals surface area contributed by atoms with Crippen molar-refractivity contribution in [1.82, 2.24) is 4.98 Å². The van der Waals surface area contributed by atoms with Crippen LogP contribution in [-0.4, -0.2) is 27.9 Å². The quantitative estimate of drug-likeness (QED) is 0.740. The number of amides is 2. The van der Waals surface area contributed by atoms with E-state index in [-0.39, 0.29) is 18.2 Å². The molecule has 1 aromatic carbocycles. The van der Waals surface area contributed by atoms with Gasteiger partial charge in [-0.3, -0.25) is 14.4 Å². The van der Waals surface area contributed by atoms with Crippen LogP contribution in [0.1, 0.15) is 36.0 Å². The van der Waals surface area contributed by atoms with Gasteiger partial charge in [0.1, 0.15) is 5.82 Å². The predicted octanol–water partition coefficient (Wildman–Crippen LogP) is 2.92. The van der Waals surface area contributed by atoms with Crippen LogP contribution in [0.2, 0.25) is 0 Å².